The molecule has 9 N–H and O–H groups in total. The third-order valence-electron chi connectivity index (χ3n) is 16.0. The van der Waals surface area contributed by atoms with Crippen molar-refractivity contribution in [1.29, 1.82) is 0 Å². The van der Waals surface area contributed by atoms with E-state index in [2.05, 4.69) is 130 Å². The van der Waals surface area contributed by atoms with Crippen molar-refractivity contribution in [2.24, 2.45) is 0 Å². The van der Waals surface area contributed by atoms with Crippen LogP contribution in [-0.4, -0.2) is 169 Å². The molecule has 0 aliphatic heterocycles. The van der Waals surface area contributed by atoms with Crippen molar-refractivity contribution < 1.29 is 127 Å². The number of aliphatic hydroxyl groups excluding tert-OH is 1. The number of unbranched alkanes of at least 4 members (excludes halogenated alkanes) is 10. The number of benzene rings is 4. The predicted octanol–water partition coefficient (Wildman–Crippen LogP) is 20.6. The molecule has 6 rings (SSSR count). The first kappa shape index (κ1) is 146. The number of rotatable bonds is 36. The monoisotopic (exact) mass is 2320 g/mol. The fourth-order valence-corrected chi connectivity index (χ4v) is 12.9. The van der Waals surface area contributed by atoms with Gasteiger partial charge in [-0.25, -0.2) is 0 Å². The number of quaternary nitrogens is 1. The van der Waals surface area contributed by atoms with Gasteiger partial charge in [-0.05, 0) is 131 Å². The molecule has 4 aromatic rings. The van der Waals surface area contributed by atoms with Crippen LogP contribution < -0.4 is 73.9 Å². The number of thioether (sulfide) groups is 1. The van der Waals surface area contributed by atoms with Crippen molar-refractivity contribution in [2.45, 2.75) is 230 Å². The van der Waals surface area contributed by atoms with Gasteiger partial charge in [-0.2, -0.15) is 32.5 Å². The summed E-state index contributed by atoms with van der Waals surface area (Å²) in [6.45, 7) is 21.3. The molecule has 132 heavy (non-hydrogen) atoms. The van der Waals surface area contributed by atoms with Crippen molar-refractivity contribution in [2.75, 3.05) is 80.0 Å². The van der Waals surface area contributed by atoms with E-state index in [4.69, 9.17) is 183 Å². The quantitative estimate of drug-likeness (QED) is 0.00423. The molecule has 2 aliphatic rings. The smallest absolute Gasteiger partial charge is 0.548 e. The third-order valence-corrected chi connectivity index (χ3v) is 20.8. The summed E-state index contributed by atoms with van der Waals surface area (Å²) in [6, 6.07) is 11.5. The molecular weight excluding hydrogens is 2200 g/mol. The van der Waals surface area contributed by atoms with Crippen LogP contribution in [0.2, 0.25) is 30.1 Å². The number of Topliss-reactive ketones (excluding diaryl/α,β-unsaturated/α-hetero) is 2. The zero-order chi connectivity index (χ0) is 103. The number of nitrogens with one attached hydrogen (secondary N) is 2. The number of aliphatic carboxylic acids is 3. The van der Waals surface area contributed by atoms with Gasteiger partial charge in [-0.3, -0.25) is 33.6 Å². The number of phenols is 2. The Bertz CT molecular complexity index is 3990. The topological polar surface area (TPSA) is 388 Å². The van der Waals surface area contributed by atoms with Gasteiger partial charge < -0.3 is 90.9 Å². The maximum atomic E-state index is 11.7. The second-order valence-electron chi connectivity index (χ2n) is 26.5. The van der Waals surface area contributed by atoms with Crippen LogP contribution in [0.3, 0.4) is 0 Å². The molecule has 0 saturated carbocycles. The van der Waals surface area contributed by atoms with Gasteiger partial charge in [-0.15, -0.1) is 82.1 Å². The minimum atomic E-state index is -1.44. The molecule has 0 bridgehead atoms. The van der Waals surface area contributed by atoms with E-state index >= 15 is 0 Å². The van der Waals surface area contributed by atoms with E-state index in [0.29, 0.717) is 57.0 Å². The van der Waals surface area contributed by atoms with Crippen LogP contribution in [0.4, 0.5) is 0 Å². The molecule has 0 heterocycles. The summed E-state index contributed by atoms with van der Waals surface area (Å²) >= 11 is 83.5. The van der Waals surface area contributed by atoms with Gasteiger partial charge in [0, 0.05) is 61.3 Å². The summed E-state index contributed by atoms with van der Waals surface area (Å²) in [6.07, 6.45) is 24.9. The average molecular weight is 2330 g/mol. The fraction of sp³-hybridized carbons (Fsp3) is 0.528. The Morgan fingerprint density at radius 3 is 1.29 bits per heavy atom. The number of carbonyl (C=O) groups excluding carboxylic acids is 8. The van der Waals surface area contributed by atoms with Crippen LogP contribution in [0.1, 0.15) is 215 Å². The van der Waals surface area contributed by atoms with Gasteiger partial charge in [0.15, 0.2) is 23.1 Å². The summed E-state index contributed by atoms with van der Waals surface area (Å²) in [5, 5.41) is 59.8. The number of allylic oxidation sites excluding steroid dienone is 8. The largest absolute Gasteiger partial charge is 1.00 e. The number of ether oxygens (including phenoxy) is 6. The van der Waals surface area contributed by atoms with E-state index in [1.807, 2.05) is 57.2 Å². The van der Waals surface area contributed by atoms with Gasteiger partial charge in [0.25, 0.3) is 5.97 Å². The van der Waals surface area contributed by atoms with E-state index in [0.717, 1.165) is 132 Å². The molecule has 2 aliphatic carbocycles. The minimum absolute atomic E-state index is 0. The molecule has 0 saturated heterocycles. The number of carboxylic acid groups (broad SMARTS) is 3. The second-order valence-corrected chi connectivity index (χ2v) is 38.4. The second kappa shape index (κ2) is 93.7. The Hall–Kier alpha value is -3.59. The summed E-state index contributed by atoms with van der Waals surface area (Å²) in [5.41, 5.74) is 6.64. The molecule has 2 atom stereocenters. The maximum Gasteiger partial charge on any atom is 1.00 e. The molecule has 2 amide bonds. The molecule has 0 aromatic heterocycles. The zero-order valence-electron chi connectivity index (χ0n) is 79.0. The van der Waals surface area contributed by atoms with Crippen molar-refractivity contribution in [1.82, 2.24) is 10.6 Å². The number of phenolic OH excluding ortho intramolecular Hbond substituents is 2. The van der Waals surface area contributed by atoms with Crippen molar-refractivity contribution >= 4 is 266 Å². The Balaban J connectivity index is -0.000000185. The molecule has 0 fully saturated rings. The normalized spacial score (nSPS) is 11.5. The predicted molar refractivity (Wildman–Crippen MR) is 553 cm³/mol. The van der Waals surface area contributed by atoms with Crippen LogP contribution in [0.5, 0.6) is 46.0 Å². The van der Waals surface area contributed by atoms with Gasteiger partial charge in [0.1, 0.15) is 76.7 Å². The van der Waals surface area contributed by atoms with Gasteiger partial charge in [0.05, 0.1) is 86.6 Å². The van der Waals surface area contributed by atoms with Crippen LogP contribution in [0.15, 0.2) is 85.9 Å². The summed E-state index contributed by atoms with van der Waals surface area (Å²) in [4.78, 5) is 98.8. The third kappa shape index (κ3) is 68.5. The van der Waals surface area contributed by atoms with Crippen LogP contribution >= 0.6 is 210 Å². The first-order valence-corrected chi connectivity index (χ1v) is 50.6. The summed E-state index contributed by atoms with van der Waals surface area (Å²) in [7, 11) is 10.8. The van der Waals surface area contributed by atoms with Crippen LogP contribution in [0, 0.1) is 5.92 Å². The Labute approximate surface area is 888 Å². The fourth-order valence-electron chi connectivity index (χ4n) is 9.78. The molecule has 0 spiro atoms. The number of hydrogen-bond donors (Lipinski definition) is 7. The number of hydrogen-bond acceptors (Lipinski definition) is 21. The van der Waals surface area contributed by atoms with E-state index < -0.39 is 59.9 Å². The number of alkyl halides is 3. The molecule has 43 heteroatoms. The molecular formula is C89H130BBr3Cl13LiN3O21S-. The number of ketones is 4. The van der Waals surface area contributed by atoms with Gasteiger partial charge in [0.2, 0.25) is 23.4 Å². The number of halogens is 16. The Kier molecular flexibility index (Phi) is 104. The first-order chi connectivity index (χ1) is 61.8. The number of carbonyl (C=O) groups is 9. The van der Waals surface area contributed by atoms with Crippen molar-refractivity contribution in [3.8, 4) is 46.0 Å². The number of aryl methyl sites for hydroxylation is 1. The van der Waals surface area contributed by atoms with Gasteiger partial charge >= 0.3 is 22.0 Å². The Morgan fingerprint density at radius 1 is 0.530 bits per heavy atom. The van der Waals surface area contributed by atoms with E-state index in [1.165, 1.54) is 68.2 Å². The first-order valence-electron chi connectivity index (χ1n) is 40.9. The molecule has 0 radical (unpaired) electrons. The van der Waals surface area contributed by atoms with Crippen molar-refractivity contribution in [3.63, 3.8) is 0 Å². The van der Waals surface area contributed by atoms with Crippen LogP contribution in [0.25, 0.3) is 0 Å². The molecule has 750 valence electrons. The number of carboxylic acids is 3. The number of methoxy groups -OCH3 is 6. The molecule has 4 aromatic carbocycles. The van der Waals surface area contributed by atoms with E-state index in [9.17, 15) is 58.8 Å². The van der Waals surface area contributed by atoms with Crippen molar-refractivity contribution in [3.05, 3.63) is 139 Å². The SMILES string of the molecule is BrB(Br)Br.CC.CC(=O)O.CCCCCC1=C(Cl)C(=O)C(Cl)=C(Cl)C1=O.CCCCCC1=C(Cl)C(=O)C=CC1=O.CCCCCc1c(Cl)c(OC)c(Cl)c(Cl)c1OC.CCCCCc1c(O)c(Cl)c(Cl)c(O)c1Cl.CCCCCc1cc(OC)ccc1OC.CCl.CO.COc1ccc(OC)cc1.CSCC(NC(=O)CCC([NH3+])C(=O)[O-])C(=O)NCC(=O)[O-].C[C-](C)C.ClCCl.[Li+]. The Morgan fingerprint density at radius 2 is 0.902 bits per heavy atom. The zero-order valence-corrected chi connectivity index (χ0v) is 94.4. The number of amides is 2. The van der Waals surface area contributed by atoms with Crippen LogP contribution in [-0.2, 0) is 62.4 Å². The average Bonchev–Trinajstić information content (AvgIpc) is 0.791. The van der Waals surface area contributed by atoms with Gasteiger partial charge in [-0.1, -0.05) is 229 Å². The van der Waals surface area contributed by atoms with E-state index in [1.54, 1.807) is 41.8 Å². The summed E-state index contributed by atoms with van der Waals surface area (Å²) in [5.74, 6) is -0.352. The number of aromatic hydroxyl groups is 2. The minimum Gasteiger partial charge on any atom is -0.548 e. The molecule has 24 nitrogen and oxygen atoms in total. The maximum absolute atomic E-state index is 11.7. The van der Waals surface area contributed by atoms with E-state index in [-0.39, 0.29) is 110 Å². The standard InChI is InChI=1S/C13H17Cl3O2.C13H20O2.C11H13Cl3O2.C11H11Cl3O2.C11H13ClO2.C11H19N3O6S.C8H10O2.C4H9.C2H4O2.C2H6.CH2Cl2.CH3Cl.CH4O.BBr3.Li/c1-4-5-6-7-8-9(14)13(18-3)11(16)10(15)12(8)17-2;1-4-5-6-7-11-10-12(14-2)8-9-13(11)15-3;2*1-2-3-4-5-6-7(12)11(16)9(14)8(13)10(6)15;1-2-3-4-5-8-9(13)6-7-10(14)11(8)12;1-21-5-7(10(18)13-4-9(16)17)14-8(15)3-2-6(12)11(19)20;1-9-7-3-5-8(10-2)6-4-7;1-4(2)3;1-2(3)4;1-2;2-1-3;2*1-2;2-1(3)4;/h4-7H2,1-3H3;8-10H,4-7H2,1-3H3;15-16H,2-5H2,1H3;2-5H2,1H3;6-7H,2-5H2,1H3;6-7H,2-5,12H2,1H3,(H,13,18)(H,14,15)(H,16,17)(H,19,20);3-6H,1-2H3;1-3H3;1H3,(H,3,4);1-2H3;1H2;1H3;2H,1H3;;/q;;;;;;;-1;;;;;;;+1/p-1. The molecule has 2 unspecified atom stereocenters. The summed E-state index contributed by atoms with van der Waals surface area (Å²) < 4.78 is 31.2. The number of aliphatic hydroxyl groups is 1.